The van der Waals surface area contributed by atoms with E-state index >= 15 is 0 Å². The van der Waals surface area contributed by atoms with Crippen molar-refractivity contribution in [1.29, 1.82) is 0 Å². The van der Waals surface area contributed by atoms with Gasteiger partial charge in [0.05, 0.1) is 16.6 Å². The summed E-state index contributed by atoms with van der Waals surface area (Å²) < 4.78 is 38.7. The number of nitrogens with zero attached hydrogens (tertiary/aromatic N) is 3. The van der Waals surface area contributed by atoms with Crippen LogP contribution in [0, 0.1) is 0 Å². The van der Waals surface area contributed by atoms with Crippen LogP contribution >= 0.6 is 0 Å². The first-order chi connectivity index (χ1) is 14.9. The van der Waals surface area contributed by atoms with Gasteiger partial charge in [0, 0.05) is 36.7 Å². The van der Waals surface area contributed by atoms with Gasteiger partial charge in [-0.15, -0.1) is 0 Å². The lowest BCUT2D eigenvalue weighted by atomic mass is 10.1. The third-order valence-corrected chi connectivity index (χ3v) is 4.82. The van der Waals surface area contributed by atoms with Crippen LogP contribution in [0.1, 0.15) is 18.4 Å². The maximum absolute atomic E-state index is 12.9. The summed E-state index contributed by atoms with van der Waals surface area (Å²) in [5, 5.41) is 11.9. The lowest BCUT2D eigenvalue weighted by molar-refractivity contribution is -0.137. The van der Waals surface area contributed by atoms with Crippen molar-refractivity contribution >= 4 is 17.0 Å². The summed E-state index contributed by atoms with van der Waals surface area (Å²) in [6, 6.07) is 10.9. The van der Waals surface area contributed by atoms with Crippen LogP contribution in [-0.2, 0) is 6.18 Å². The quantitative estimate of drug-likeness (QED) is 0.366. The molecule has 0 aliphatic carbocycles. The van der Waals surface area contributed by atoms with E-state index in [0.29, 0.717) is 29.4 Å². The molecule has 0 spiro atoms. The molecule has 4 rings (SSSR count). The number of alkyl halides is 3. The minimum absolute atomic E-state index is 0.167. The molecule has 4 aromatic rings. The summed E-state index contributed by atoms with van der Waals surface area (Å²) in [4.78, 5) is 15.9. The molecular formula is C22H20F3N5O. The number of H-pyrrole nitrogens is 1. The molecule has 0 saturated carbocycles. The van der Waals surface area contributed by atoms with Gasteiger partial charge in [0.15, 0.2) is 0 Å². The zero-order chi connectivity index (χ0) is 21.8. The molecule has 2 aromatic heterocycles. The Kier molecular flexibility index (Phi) is 5.85. The normalized spacial score (nSPS) is 11.7. The van der Waals surface area contributed by atoms with Gasteiger partial charge in [-0.3, -0.25) is 0 Å². The van der Waals surface area contributed by atoms with E-state index in [9.17, 15) is 13.2 Å². The Morgan fingerprint density at radius 3 is 2.29 bits per heavy atom. The Hall–Kier alpha value is -3.46. The molecule has 0 bridgehead atoms. The van der Waals surface area contributed by atoms with Gasteiger partial charge in [-0.2, -0.15) is 13.2 Å². The topological polar surface area (TPSA) is 86.7 Å². The van der Waals surface area contributed by atoms with Gasteiger partial charge in [0.2, 0.25) is 5.95 Å². The molecular weight excluding hydrogens is 407 g/mol. The van der Waals surface area contributed by atoms with Gasteiger partial charge >= 0.3 is 6.18 Å². The molecule has 0 fully saturated rings. The lowest BCUT2D eigenvalue weighted by Crippen LogP contribution is -2.05. The zero-order valence-electron chi connectivity index (χ0n) is 16.4. The average Bonchev–Trinajstić information content (AvgIpc) is 3.20. The number of unbranched alkanes of at least 4 members (excludes halogenated alkanes) is 1. The fourth-order valence-corrected chi connectivity index (χ4v) is 3.15. The lowest BCUT2D eigenvalue weighted by Gasteiger charge is -2.06. The molecule has 2 aromatic carbocycles. The first-order valence-corrected chi connectivity index (χ1v) is 9.78. The number of hydrogen-bond donors (Lipinski definition) is 3. The summed E-state index contributed by atoms with van der Waals surface area (Å²) in [5.41, 5.74) is 2.61. The van der Waals surface area contributed by atoms with Crippen molar-refractivity contribution in [1.82, 2.24) is 19.9 Å². The van der Waals surface area contributed by atoms with E-state index in [-0.39, 0.29) is 6.61 Å². The second-order valence-electron chi connectivity index (χ2n) is 7.05. The number of hydrogen-bond acceptors (Lipinski definition) is 5. The van der Waals surface area contributed by atoms with E-state index in [4.69, 9.17) is 5.11 Å². The number of aliphatic hydroxyl groups is 1. The molecule has 0 radical (unpaired) electrons. The fraction of sp³-hybridized carbons (Fsp3) is 0.227. The molecule has 160 valence electrons. The van der Waals surface area contributed by atoms with Crippen molar-refractivity contribution in [3.8, 4) is 22.5 Å². The van der Waals surface area contributed by atoms with Crippen molar-refractivity contribution in [3.63, 3.8) is 0 Å². The van der Waals surface area contributed by atoms with Crippen LogP contribution in [-0.4, -0.2) is 38.2 Å². The van der Waals surface area contributed by atoms with Crippen LogP contribution in [0.15, 0.2) is 54.9 Å². The van der Waals surface area contributed by atoms with E-state index in [0.717, 1.165) is 41.7 Å². The maximum atomic E-state index is 12.9. The third-order valence-electron chi connectivity index (χ3n) is 4.82. The Balaban J connectivity index is 1.49. The minimum Gasteiger partial charge on any atom is -0.396 e. The van der Waals surface area contributed by atoms with Gasteiger partial charge in [-0.25, -0.2) is 15.0 Å². The molecule has 0 aliphatic heterocycles. The summed E-state index contributed by atoms with van der Waals surface area (Å²) in [6.07, 6.45) is 0.606. The standard InChI is InChI=1S/C22H20F3N5O/c23-22(24,25)17-7-8-18-19(11-17)30-20(29-18)15-5-3-14(4-6-15)16-12-27-21(28-13-16)26-9-1-2-10-31/h3-8,11-13,31H,1-2,9-10H2,(H,29,30)(H,26,27,28). The predicted octanol–water partition coefficient (Wildman–Crippen LogP) is 4.89. The second kappa shape index (κ2) is 8.73. The number of aromatic amines is 1. The van der Waals surface area contributed by atoms with Crippen molar-refractivity contribution in [2.75, 3.05) is 18.5 Å². The van der Waals surface area contributed by atoms with Crippen molar-refractivity contribution < 1.29 is 18.3 Å². The number of aliphatic hydroxyl groups excluding tert-OH is 1. The number of benzene rings is 2. The van der Waals surface area contributed by atoms with E-state index in [1.807, 2.05) is 24.3 Å². The van der Waals surface area contributed by atoms with Crippen molar-refractivity contribution in [3.05, 3.63) is 60.4 Å². The predicted molar refractivity (Wildman–Crippen MR) is 112 cm³/mol. The van der Waals surface area contributed by atoms with Crippen LogP contribution in [0.3, 0.4) is 0 Å². The second-order valence-corrected chi connectivity index (χ2v) is 7.05. The smallest absolute Gasteiger partial charge is 0.396 e. The zero-order valence-corrected chi connectivity index (χ0v) is 16.4. The highest BCUT2D eigenvalue weighted by molar-refractivity contribution is 5.80. The number of fused-ring (bicyclic) bond motifs is 1. The van der Waals surface area contributed by atoms with Crippen molar-refractivity contribution in [2.24, 2.45) is 0 Å². The van der Waals surface area contributed by atoms with Crippen LogP contribution in [0.2, 0.25) is 0 Å². The van der Waals surface area contributed by atoms with E-state index in [2.05, 4.69) is 25.3 Å². The van der Waals surface area contributed by atoms with E-state index in [1.54, 1.807) is 12.4 Å². The number of nitrogens with one attached hydrogen (secondary N) is 2. The largest absolute Gasteiger partial charge is 0.416 e. The monoisotopic (exact) mass is 427 g/mol. The summed E-state index contributed by atoms with van der Waals surface area (Å²) >= 11 is 0. The molecule has 0 unspecified atom stereocenters. The van der Waals surface area contributed by atoms with Crippen LogP contribution in [0.25, 0.3) is 33.5 Å². The first-order valence-electron chi connectivity index (χ1n) is 9.78. The summed E-state index contributed by atoms with van der Waals surface area (Å²) in [6.45, 7) is 0.858. The number of imidazole rings is 1. The molecule has 3 N–H and O–H groups in total. The summed E-state index contributed by atoms with van der Waals surface area (Å²) in [7, 11) is 0. The SMILES string of the molecule is OCCCCNc1ncc(-c2ccc(-c3nc4ccc(C(F)(F)F)cc4[nH]3)cc2)cn1. The highest BCUT2D eigenvalue weighted by Gasteiger charge is 2.30. The molecule has 31 heavy (non-hydrogen) atoms. The summed E-state index contributed by atoms with van der Waals surface area (Å²) in [5.74, 6) is 1.03. The Bertz CT molecular complexity index is 1150. The van der Waals surface area contributed by atoms with Crippen LogP contribution < -0.4 is 5.32 Å². The van der Waals surface area contributed by atoms with Crippen molar-refractivity contribution in [2.45, 2.75) is 19.0 Å². The first kappa shape index (κ1) is 20.8. The fourth-order valence-electron chi connectivity index (χ4n) is 3.15. The van der Waals surface area contributed by atoms with Gasteiger partial charge in [0.1, 0.15) is 5.82 Å². The molecule has 0 atom stereocenters. The Morgan fingerprint density at radius 2 is 1.61 bits per heavy atom. The average molecular weight is 427 g/mol. The molecule has 0 amide bonds. The highest BCUT2D eigenvalue weighted by atomic mass is 19.4. The Labute approximate surface area is 176 Å². The van der Waals surface area contributed by atoms with Gasteiger partial charge in [-0.05, 0) is 36.6 Å². The number of aromatic nitrogens is 4. The van der Waals surface area contributed by atoms with Crippen LogP contribution in [0.4, 0.5) is 19.1 Å². The molecule has 0 saturated heterocycles. The number of anilines is 1. The highest BCUT2D eigenvalue weighted by Crippen LogP contribution is 2.32. The molecule has 0 aliphatic rings. The van der Waals surface area contributed by atoms with Gasteiger partial charge < -0.3 is 15.4 Å². The van der Waals surface area contributed by atoms with Gasteiger partial charge in [-0.1, -0.05) is 24.3 Å². The number of halogens is 3. The van der Waals surface area contributed by atoms with E-state index in [1.165, 1.54) is 6.07 Å². The van der Waals surface area contributed by atoms with Gasteiger partial charge in [0.25, 0.3) is 0 Å². The van der Waals surface area contributed by atoms with E-state index < -0.39 is 11.7 Å². The molecule has 6 nitrogen and oxygen atoms in total. The minimum atomic E-state index is -4.40. The molecule has 2 heterocycles. The molecule has 9 heteroatoms. The third kappa shape index (κ3) is 4.83. The number of rotatable bonds is 7. The van der Waals surface area contributed by atoms with Crippen LogP contribution in [0.5, 0.6) is 0 Å². The Morgan fingerprint density at radius 1 is 0.903 bits per heavy atom. The maximum Gasteiger partial charge on any atom is 0.416 e.